The molecule has 0 saturated carbocycles. The number of aromatic nitrogens is 1. The quantitative estimate of drug-likeness (QED) is 0.827. The lowest BCUT2D eigenvalue weighted by Crippen LogP contribution is -2.54. The molecule has 0 unspecified atom stereocenters. The van der Waals surface area contributed by atoms with E-state index in [1.165, 1.54) is 24.4 Å². The van der Waals surface area contributed by atoms with Crippen LogP contribution >= 0.6 is 11.3 Å². The molecule has 1 atom stereocenters. The van der Waals surface area contributed by atoms with Gasteiger partial charge >= 0.3 is 0 Å². The fourth-order valence-corrected chi connectivity index (χ4v) is 4.68. The Hall–Kier alpha value is -0.940. The number of carbonyl (C=O) groups is 1. The van der Waals surface area contributed by atoms with Gasteiger partial charge in [-0.05, 0) is 38.1 Å². The summed E-state index contributed by atoms with van der Waals surface area (Å²) in [5.74, 6) is 1.03. The van der Waals surface area contributed by atoms with Gasteiger partial charge in [0, 0.05) is 43.0 Å². The number of likely N-dealkylation sites (tertiary alicyclic amines) is 2. The molecule has 128 valence electrons. The molecule has 0 radical (unpaired) electrons. The van der Waals surface area contributed by atoms with E-state index < -0.39 is 0 Å². The minimum Gasteiger partial charge on any atom is -0.342 e. The smallest absolute Gasteiger partial charge is 0.222 e. The Kier molecular flexibility index (Phi) is 5.37. The van der Waals surface area contributed by atoms with Crippen LogP contribution in [0.4, 0.5) is 0 Å². The second-order valence-electron chi connectivity index (χ2n) is 7.74. The van der Waals surface area contributed by atoms with E-state index in [-0.39, 0.29) is 0 Å². The van der Waals surface area contributed by atoms with E-state index in [1.54, 1.807) is 11.3 Å². The van der Waals surface area contributed by atoms with Crippen molar-refractivity contribution in [3.63, 3.8) is 0 Å². The zero-order valence-electron chi connectivity index (χ0n) is 14.5. The maximum Gasteiger partial charge on any atom is 0.222 e. The van der Waals surface area contributed by atoms with E-state index in [4.69, 9.17) is 0 Å². The predicted molar refractivity (Wildman–Crippen MR) is 94.3 cm³/mol. The van der Waals surface area contributed by atoms with Crippen LogP contribution in [0.15, 0.2) is 11.6 Å². The number of amides is 1. The van der Waals surface area contributed by atoms with Gasteiger partial charge in [0.15, 0.2) is 0 Å². The summed E-state index contributed by atoms with van der Waals surface area (Å²) in [5, 5.41) is 3.27. The Labute approximate surface area is 143 Å². The molecule has 1 aromatic heterocycles. The van der Waals surface area contributed by atoms with Gasteiger partial charge in [-0.1, -0.05) is 13.8 Å². The van der Waals surface area contributed by atoms with Crippen LogP contribution in [0.2, 0.25) is 0 Å². The third-order valence-corrected chi connectivity index (χ3v) is 6.07. The van der Waals surface area contributed by atoms with Crippen molar-refractivity contribution in [2.24, 2.45) is 11.3 Å². The number of thiazole rings is 1. The summed E-state index contributed by atoms with van der Waals surface area (Å²) in [6, 6.07) is 0. The van der Waals surface area contributed by atoms with Crippen LogP contribution in [0, 0.1) is 11.3 Å². The molecule has 1 spiro atoms. The Balaban J connectivity index is 1.61. The highest BCUT2D eigenvalue weighted by Crippen LogP contribution is 2.39. The van der Waals surface area contributed by atoms with Crippen molar-refractivity contribution in [2.75, 3.05) is 26.2 Å². The molecule has 2 aliphatic heterocycles. The zero-order valence-corrected chi connectivity index (χ0v) is 15.3. The molecule has 0 aromatic carbocycles. The van der Waals surface area contributed by atoms with Crippen LogP contribution in [0.5, 0.6) is 0 Å². The van der Waals surface area contributed by atoms with Gasteiger partial charge < -0.3 is 4.90 Å². The van der Waals surface area contributed by atoms with E-state index in [9.17, 15) is 4.79 Å². The molecule has 0 N–H and O–H groups in total. The molecule has 3 rings (SSSR count). The third kappa shape index (κ3) is 4.32. The number of nitrogens with zero attached hydrogens (tertiary/aromatic N) is 3. The number of carbonyl (C=O) groups excluding carboxylic acids is 1. The summed E-state index contributed by atoms with van der Waals surface area (Å²) >= 11 is 1.75. The van der Waals surface area contributed by atoms with E-state index in [1.807, 2.05) is 6.20 Å². The van der Waals surface area contributed by atoms with Crippen molar-refractivity contribution in [2.45, 2.75) is 52.5 Å². The summed E-state index contributed by atoms with van der Waals surface area (Å²) in [6.45, 7) is 9.64. The first-order valence-corrected chi connectivity index (χ1v) is 9.83. The highest BCUT2D eigenvalue weighted by Gasteiger charge is 2.41. The van der Waals surface area contributed by atoms with Gasteiger partial charge in [0.1, 0.15) is 5.01 Å². The lowest BCUT2D eigenvalue weighted by atomic mass is 9.73. The van der Waals surface area contributed by atoms with Gasteiger partial charge in [-0.3, -0.25) is 9.69 Å². The standard InChI is InChI=1S/C18H29N3OS/c1-15(2)5-10-21-14-18(7-4-17(21)22)6-3-9-20(13-18)12-16-19-8-11-23-16/h8,11,15H,3-7,9-10,12-14H2,1-2H3/t18-/m1/s1. The van der Waals surface area contributed by atoms with Crippen LogP contribution in [0.1, 0.15) is 51.0 Å². The first-order valence-electron chi connectivity index (χ1n) is 8.95. The maximum atomic E-state index is 12.3. The van der Waals surface area contributed by atoms with Gasteiger partial charge in [0.25, 0.3) is 0 Å². The Bertz CT molecular complexity index is 516. The van der Waals surface area contributed by atoms with Gasteiger partial charge in [-0.15, -0.1) is 11.3 Å². The minimum atomic E-state index is 0.320. The molecule has 23 heavy (non-hydrogen) atoms. The average molecular weight is 336 g/mol. The molecule has 1 amide bonds. The van der Waals surface area contributed by atoms with Gasteiger partial charge in [0.2, 0.25) is 5.91 Å². The van der Waals surface area contributed by atoms with Crippen LogP contribution in [0.3, 0.4) is 0 Å². The lowest BCUT2D eigenvalue weighted by molar-refractivity contribution is -0.139. The second kappa shape index (κ2) is 7.31. The molecule has 2 fully saturated rings. The third-order valence-electron chi connectivity index (χ3n) is 5.31. The Morgan fingerprint density at radius 3 is 2.96 bits per heavy atom. The van der Waals surface area contributed by atoms with Crippen molar-refractivity contribution in [3.05, 3.63) is 16.6 Å². The fourth-order valence-electron chi connectivity index (χ4n) is 4.02. The summed E-state index contributed by atoms with van der Waals surface area (Å²) in [5.41, 5.74) is 0.320. The Morgan fingerprint density at radius 1 is 1.35 bits per heavy atom. The summed E-state index contributed by atoms with van der Waals surface area (Å²) in [6.07, 6.45) is 7.34. The predicted octanol–water partition coefficient (Wildman–Crippen LogP) is 3.39. The summed E-state index contributed by atoms with van der Waals surface area (Å²) in [4.78, 5) is 21.4. The van der Waals surface area contributed by atoms with Crippen molar-refractivity contribution in [1.29, 1.82) is 0 Å². The molecule has 3 heterocycles. The van der Waals surface area contributed by atoms with Gasteiger partial charge in [0.05, 0.1) is 6.54 Å². The highest BCUT2D eigenvalue weighted by molar-refractivity contribution is 7.09. The lowest BCUT2D eigenvalue weighted by Gasteiger charge is -2.48. The molecule has 2 saturated heterocycles. The molecular formula is C18H29N3OS. The summed E-state index contributed by atoms with van der Waals surface area (Å²) < 4.78 is 0. The zero-order chi connectivity index (χ0) is 16.3. The number of hydrogen-bond acceptors (Lipinski definition) is 4. The molecule has 2 aliphatic rings. The molecular weight excluding hydrogens is 306 g/mol. The van der Waals surface area contributed by atoms with Crippen LogP contribution in [-0.2, 0) is 11.3 Å². The first kappa shape index (κ1) is 16.9. The van der Waals surface area contributed by atoms with E-state index in [0.717, 1.165) is 45.4 Å². The molecule has 0 aliphatic carbocycles. The second-order valence-corrected chi connectivity index (χ2v) is 8.72. The fraction of sp³-hybridized carbons (Fsp3) is 0.778. The van der Waals surface area contributed by atoms with E-state index in [2.05, 4.69) is 34.0 Å². The average Bonchev–Trinajstić information content (AvgIpc) is 3.02. The van der Waals surface area contributed by atoms with Crippen LogP contribution in [-0.4, -0.2) is 46.9 Å². The first-order chi connectivity index (χ1) is 11.1. The number of rotatable bonds is 5. The number of hydrogen-bond donors (Lipinski definition) is 0. The molecule has 0 bridgehead atoms. The minimum absolute atomic E-state index is 0.320. The van der Waals surface area contributed by atoms with Gasteiger partial charge in [-0.25, -0.2) is 4.98 Å². The van der Waals surface area contributed by atoms with Crippen molar-refractivity contribution >= 4 is 17.2 Å². The van der Waals surface area contributed by atoms with Crippen molar-refractivity contribution in [3.8, 4) is 0 Å². The monoisotopic (exact) mass is 335 g/mol. The highest BCUT2D eigenvalue weighted by atomic mass is 32.1. The molecule has 4 nitrogen and oxygen atoms in total. The SMILES string of the molecule is CC(C)CCN1C[C@]2(CCCN(Cc3nccs3)C2)CCC1=O. The largest absolute Gasteiger partial charge is 0.342 e. The van der Waals surface area contributed by atoms with Crippen molar-refractivity contribution in [1.82, 2.24) is 14.8 Å². The van der Waals surface area contributed by atoms with Crippen LogP contribution in [0.25, 0.3) is 0 Å². The van der Waals surface area contributed by atoms with Gasteiger partial charge in [-0.2, -0.15) is 0 Å². The maximum absolute atomic E-state index is 12.3. The molecule has 1 aromatic rings. The van der Waals surface area contributed by atoms with Crippen LogP contribution < -0.4 is 0 Å². The van der Waals surface area contributed by atoms with E-state index in [0.29, 0.717) is 17.2 Å². The topological polar surface area (TPSA) is 36.4 Å². The summed E-state index contributed by atoms with van der Waals surface area (Å²) in [7, 11) is 0. The van der Waals surface area contributed by atoms with E-state index >= 15 is 0 Å². The van der Waals surface area contributed by atoms with Crippen molar-refractivity contribution < 1.29 is 4.79 Å². The normalized spacial score (nSPS) is 26.4. The molecule has 5 heteroatoms. The Morgan fingerprint density at radius 2 is 2.22 bits per heavy atom. The number of piperidine rings is 2.